The first kappa shape index (κ1) is 17.3. The molecular formula is C15H16FN5O3S. The number of benzene rings is 1. The van der Waals surface area contributed by atoms with Crippen LogP contribution in [0.5, 0.6) is 0 Å². The second-order valence-electron chi connectivity index (χ2n) is 5.64. The first-order valence-corrected chi connectivity index (χ1v) is 8.85. The Kier molecular flexibility index (Phi) is 4.41. The van der Waals surface area contributed by atoms with Crippen LogP contribution >= 0.6 is 0 Å². The summed E-state index contributed by atoms with van der Waals surface area (Å²) in [5, 5.41) is 7.52. The highest BCUT2D eigenvalue weighted by Gasteiger charge is 2.23. The molecule has 0 radical (unpaired) electrons. The van der Waals surface area contributed by atoms with Gasteiger partial charge in [-0.3, -0.25) is 5.32 Å². The van der Waals surface area contributed by atoms with Crippen LogP contribution in [0, 0.1) is 5.82 Å². The van der Waals surface area contributed by atoms with E-state index in [0.717, 1.165) is 11.1 Å². The number of nitrogens with zero attached hydrogens (tertiary/aromatic N) is 2. The SMILES string of the molecule is CN1Cc2c(-c3ccc(CNS(N)(=O)=O)c(F)c3)ccnc2NC1=O. The molecule has 25 heavy (non-hydrogen) atoms. The van der Waals surface area contributed by atoms with Crippen LogP contribution in [0.15, 0.2) is 30.5 Å². The molecule has 1 aromatic carbocycles. The second-order valence-corrected chi connectivity index (χ2v) is 7.02. The fourth-order valence-electron chi connectivity index (χ4n) is 2.57. The molecule has 2 amide bonds. The number of aromatic nitrogens is 1. The first-order valence-electron chi connectivity index (χ1n) is 7.31. The van der Waals surface area contributed by atoms with Gasteiger partial charge in [0.1, 0.15) is 11.6 Å². The molecule has 0 unspecified atom stereocenters. The summed E-state index contributed by atoms with van der Waals surface area (Å²) >= 11 is 0. The van der Waals surface area contributed by atoms with Crippen molar-refractivity contribution in [3.8, 4) is 11.1 Å². The standard InChI is InChI=1S/C15H16FN5O3S/c1-21-8-12-11(4-5-18-14(12)20-15(21)22)9-2-3-10(13(16)6-9)7-19-25(17,23)24/h2-6,19H,7-8H2,1H3,(H2,17,23,24)(H,18,20,22). The minimum atomic E-state index is -3.90. The van der Waals surface area contributed by atoms with Crippen molar-refractivity contribution >= 4 is 22.1 Å². The second kappa shape index (κ2) is 6.39. The van der Waals surface area contributed by atoms with E-state index < -0.39 is 16.0 Å². The van der Waals surface area contributed by atoms with Crippen LogP contribution in [-0.2, 0) is 23.3 Å². The Morgan fingerprint density at radius 2 is 2.16 bits per heavy atom. The molecule has 0 bridgehead atoms. The maximum atomic E-state index is 14.3. The predicted octanol–water partition coefficient (Wildman–Crippen LogP) is 1.16. The Hall–Kier alpha value is -2.56. The third kappa shape index (κ3) is 3.76. The van der Waals surface area contributed by atoms with Crippen LogP contribution in [-0.4, -0.2) is 31.4 Å². The number of halogens is 1. The normalized spacial score (nSPS) is 14.2. The van der Waals surface area contributed by atoms with Crippen LogP contribution < -0.4 is 15.2 Å². The highest BCUT2D eigenvalue weighted by atomic mass is 32.2. The average Bonchev–Trinajstić information content (AvgIpc) is 2.53. The summed E-state index contributed by atoms with van der Waals surface area (Å²) < 4.78 is 38.2. The van der Waals surface area contributed by atoms with Crippen molar-refractivity contribution in [1.82, 2.24) is 14.6 Å². The molecule has 0 fully saturated rings. The van der Waals surface area contributed by atoms with Gasteiger partial charge in [-0.15, -0.1) is 0 Å². The van der Waals surface area contributed by atoms with E-state index in [0.29, 0.717) is 17.9 Å². The van der Waals surface area contributed by atoms with E-state index in [1.807, 2.05) is 4.72 Å². The lowest BCUT2D eigenvalue weighted by atomic mass is 9.98. The number of anilines is 1. The molecular weight excluding hydrogens is 349 g/mol. The van der Waals surface area contributed by atoms with Crippen molar-refractivity contribution < 1.29 is 17.6 Å². The zero-order valence-corrected chi connectivity index (χ0v) is 14.1. The zero-order chi connectivity index (χ0) is 18.2. The van der Waals surface area contributed by atoms with Gasteiger partial charge in [0.05, 0.1) is 6.54 Å². The number of amides is 2. The highest BCUT2D eigenvalue weighted by Crippen LogP contribution is 2.32. The van der Waals surface area contributed by atoms with Gasteiger partial charge in [0.25, 0.3) is 10.2 Å². The Balaban J connectivity index is 1.95. The van der Waals surface area contributed by atoms with Crippen LogP contribution in [0.4, 0.5) is 15.0 Å². The van der Waals surface area contributed by atoms with Gasteiger partial charge in [-0.05, 0) is 23.3 Å². The van der Waals surface area contributed by atoms with E-state index in [-0.39, 0.29) is 18.1 Å². The number of nitrogens with two attached hydrogens (primary N) is 1. The molecule has 0 aliphatic carbocycles. The van der Waals surface area contributed by atoms with Crippen LogP contribution in [0.2, 0.25) is 0 Å². The summed E-state index contributed by atoms with van der Waals surface area (Å²) in [7, 11) is -2.24. The number of nitrogens with one attached hydrogen (secondary N) is 2. The summed E-state index contributed by atoms with van der Waals surface area (Å²) in [6.07, 6.45) is 1.54. The Bertz CT molecular complexity index is 948. The lowest BCUT2D eigenvalue weighted by Crippen LogP contribution is -2.36. The molecule has 1 aliphatic heterocycles. The van der Waals surface area contributed by atoms with Gasteiger partial charge in [-0.1, -0.05) is 12.1 Å². The highest BCUT2D eigenvalue weighted by molar-refractivity contribution is 7.87. The summed E-state index contributed by atoms with van der Waals surface area (Å²) in [5.74, 6) is -0.117. The molecule has 2 heterocycles. The summed E-state index contributed by atoms with van der Waals surface area (Å²) in [4.78, 5) is 17.3. The number of rotatable bonds is 4. The number of fused-ring (bicyclic) bond motifs is 1. The quantitative estimate of drug-likeness (QED) is 0.753. The van der Waals surface area contributed by atoms with E-state index in [2.05, 4.69) is 10.3 Å². The maximum Gasteiger partial charge on any atom is 0.323 e. The predicted molar refractivity (Wildman–Crippen MR) is 90.1 cm³/mol. The number of hydrogen-bond acceptors (Lipinski definition) is 4. The van der Waals surface area contributed by atoms with Crippen molar-refractivity contribution in [2.75, 3.05) is 12.4 Å². The Labute approximate surface area is 144 Å². The largest absolute Gasteiger partial charge is 0.323 e. The van der Waals surface area contributed by atoms with Gasteiger partial charge in [0, 0.05) is 30.9 Å². The van der Waals surface area contributed by atoms with Gasteiger partial charge in [-0.2, -0.15) is 13.1 Å². The van der Waals surface area contributed by atoms with Crippen molar-refractivity contribution in [3.63, 3.8) is 0 Å². The minimum absolute atomic E-state index is 0.172. The van der Waals surface area contributed by atoms with Crippen LogP contribution in [0.3, 0.4) is 0 Å². The van der Waals surface area contributed by atoms with Crippen LogP contribution in [0.1, 0.15) is 11.1 Å². The van der Waals surface area contributed by atoms with Crippen molar-refractivity contribution in [2.45, 2.75) is 13.1 Å². The average molecular weight is 365 g/mol. The molecule has 0 atom stereocenters. The third-order valence-corrected chi connectivity index (χ3v) is 4.40. The first-order chi connectivity index (χ1) is 11.7. The topological polar surface area (TPSA) is 117 Å². The fourth-order valence-corrected chi connectivity index (χ4v) is 2.93. The molecule has 1 aliphatic rings. The molecule has 0 spiro atoms. The molecule has 3 rings (SSSR count). The maximum absolute atomic E-state index is 14.3. The van der Waals surface area contributed by atoms with E-state index >= 15 is 0 Å². The summed E-state index contributed by atoms with van der Waals surface area (Å²) in [5.41, 5.74) is 2.28. The molecule has 132 valence electrons. The molecule has 4 N–H and O–H groups in total. The van der Waals surface area contributed by atoms with Crippen LogP contribution in [0.25, 0.3) is 11.1 Å². The zero-order valence-electron chi connectivity index (χ0n) is 13.3. The third-order valence-electron chi connectivity index (χ3n) is 3.85. The lowest BCUT2D eigenvalue weighted by Gasteiger charge is -2.27. The van der Waals surface area contributed by atoms with Gasteiger partial charge in [0.15, 0.2) is 0 Å². The van der Waals surface area contributed by atoms with Gasteiger partial charge in [0.2, 0.25) is 0 Å². The van der Waals surface area contributed by atoms with E-state index in [1.54, 1.807) is 19.2 Å². The molecule has 10 heteroatoms. The summed E-state index contributed by atoms with van der Waals surface area (Å²) in [6, 6.07) is 5.96. The van der Waals surface area contributed by atoms with E-state index in [1.165, 1.54) is 23.2 Å². The van der Waals surface area contributed by atoms with Crippen molar-refractivity contribution in [2.24, 2.45) is 5.14 Å². The number of pyridine rings is 1. The number of hydrogen-bond donors (Lipinski definition) is 3. The molecule has 2 aromatic rings. The number of carbonyl (C=O) groups excluding carboxylic acids is 1. The monoisotopic (exact) mass is 365 g/mol. The van der Waals surface area contributed by atoms with Gasteiger partial charge >= 0.3 is 6.03 Å². The minimum Gasteiger partial charge on any atom is -0.323 e. The Morgan fingerprint density at radius 1 is 1.40 bits per heavy atom. The number of urea groups is 1. The molecule has 0 saturated heterocycles. The summed E-state index contributed by atoms with van der Waals surface area (Å²) in [6.45, 7) is 0.110. The van der Waals surface area contributed by atoms with Gasteiger partial charge < -0.3 is 4.90 Å². The number of carbonyl (C=O) groups is 1. The molecule has 0 saturated carbocycles. The smallest absolute Gasteiger partial charge is 0.323 e. The van der Waals surface area contributed by atoms with Crippen molar-refractivity contribution in [1.29, 1.82) is 0 Å². The lowest BCUT2D eigenvalue weighted by molar-refractivity contribution is 0.218. The van der Waals surface area contributed by atoms with E-state index in [4.69, 9.17) is 5.14 Å². The molecule has 8 nitrogen and oxygen atoms in total. The van der Waals surface area contributed by atoms with Gasteiger partial charge in [-0.25, -0.2) is 19.3 Å². The Morgan fingerprint density at radius 3 is 2.84 bits per heavy atom. The van der Waals surface area contributed by atoms with E-state index in [9.17, 15) is 17.6 Å². The fraction of sp³-hybridized carbons (Fsp3) is 0.200. The molecule has 1 aromatic heterocycles. The van der Waals surface area contributed by atoms with Crippen molar-refractivity contribution in [3.05, 3.63) is 47.4 Å².